The monoisotopic (exact) mass is 235 g/mol. The molecule has 0 aliphatic carbocycles. The average Bonchev–Trinajstić information content (AvgIpc) is 1.80. The van der Waals surface area contributed by atoms with Gasteiger partial charge in [0.05, 0.1) is 5.69 Å². The summed E-state index contributed by atoms with van der Waals surface area (Å²) in [6.07, 6.45) is 0. The number of anilines is 1. The van der Waals surface area contributed by atoms with E-state index in [4.69, 9.17) is 10.8 Å². The highest BCUT2D eigenvalue weighted by atomic mass is 127. The van der Waals surface area contributed by atoms with Crippen LogP contribution in [0.5, 0.6) is 5.75 Å². The predicted octanol–water partition coefficient (Wildman–Crippen LogP) is 1.58. The third kappa shape index (κ3) is 1.48. The number of halogens is 1. The largest absolute Gasteiger partial charge is 0.506 e. The number of phenols is 1. The fourth-order valence-corrected chi connectivity index (χ4v) is 0.992. The summed E-state index contributed by atoms with van der Waals surface area (Å²) in [4.78, 5) is 0. The minimum absolute atomic E-state index is 0.155. The molecule has 1 aromatic carbocycles. The minimum Gasteiger partial charge on any atom is -0.506 e. The van der Waals surface area contributed by atoms with E-state index in [-0.39, 0.29) is 5.75 Å². The van der Waals surface area contributed by atoms with E-state index in [9.17, 15) is 0 Å². The molecule has 48 valence electrons. The molecule has 0 fully saturated rings. The maximum absolute atomic E-state index is 8.97. The Morgan fingerprint density at radius 1 is 1.44 bits per heavy atom. The van der Waals surface area contributed by atoms with E-state index in [0.717, 1.165) is 3.57 Å². The topological polar surface area (TPSA) is 46.2 Å². The molecule has 0 spiro atoms. The molecule has 1 rings (SSSR count). The molecule has 0 amide bonds. The van der Waals surface area contributed by atoms with Crippen molar-refractivity contribution in [3.8, 4) is 5.75 Å². The molecular weight excluding hydrogens is 229 g/mol. The van der Waals surface area contributed by atoms with E-state index in [2.05, 4.69) is 22.6 Å². The van der Waals surface area contributed by atoms with E-state index in [0.29, 0.717) is 5.69 Å². The van der Waals surface area contributed by atoms with Gasteiger partial charge in [-0.1, -0.05) is 0 Å². The summed E-state index contributed by atoms with van der Waals surface area (Å²) in [5.74, 6) is 0.155. The Kier molecular flexibility index (Phi) is 1.80. The average molecular weight is 235 g/mol. The van der Waals surface area contributed by atoms with Crippen LogP contribution in [-0.4, -0.2) is 5.11 Å². The first-order valence-corrected chi connectivity index (χ1v) is 3.52. The van der Waals surface area contributed by atoms with E-state index in [1.54, 1.807) is 12.1 Å². The molecule has 1 aromatic rings. The van der Waals surface area contributed by atoms with Gasteiger partial charge in [0.1, 0.15) is 5.75 Å². The lowest BCUT2D eigenvalue weighted by molar-refractivity contribution is 0.477. The number of nitrogens with two attached hydrogens (primary N) is 1. The van der Waals surface area contributed by atoms with Crippen molar-refractivity contribution in [3.05, 3.63) is 21.8 Å². The van der Waals surface area contributed by atoms with Crippen LogP contribution < -0.4 is 5.73 Å². The van der Waals surface area contributed by atoms with Crippen LogP contribution in [0.4, 0.5) is 5.69 Å². The molecular formula is C6H6INO. The van der Waals surface area contributed by atoms with Crippen LogP contribution in [0.3, 0.4) is 0 Å². The quantitative estimate of drug-likeness (QED) is 0.407. The number of phenolic OH excluding ortho intramolecular Hbond substituents is 1. The molecule has 0 bridgehead atoms. The number of hydrogen-bond acceptors (Lipinski definition) is 2. The van der Waals surface area contributed by atoms with Gasteiger partial charge in [0.25, 0.3) is 0 Å². The molecule has 0 saturated carbocycles. The van der Waals surface area contributed by atoms with Crippen molar-refractivity contribution in [2.75, 3.05) is 5.73 Å². The van der Waals surface area contributed by atoms with Gasteiger partial charge < -0.3 is 10.8 Å². The molecule has 3 heteroatoms. The number of hydrogen-bond donors (Lipinski definition) is 2. The summed E-state index contributed by atoms with van der Waals surface area (Å²) < 4.78 is 0.985. The SMILES string of the molecule is Nc1ccc(I)cc1O. The fraction of sp³-hybridized carbons (Fsp3) is 0. The zero-order valence-corrected chi connectivity index (χ0v) is 6.79. The Bertz CT molecular complexity index is 224. The second kappa shape index (κ2) is 2.43. The zero-order chi connectivity index (χ0) is 6.85. The van der Waals surface area contributed by atoms with Gasteiger partial charge in [0, 0.05) is 3.57 Å². The Balaban J connectivity index is 3.17. The van der Waals surface area contributed by atoms with Crippen molar-refractivity contribution in [2.45, 2.75) is 0 Å². The van der Waals surface area contributed by atoms with Gasteiger partial charge in [0.2, 0.25) is 0 Å². The van der Waals surface area contributed by atoms with E-state index in [1.165, 1.54) is 0 Å². The van der Waals surface area contributed by atoms with Crippen molar-refractivity contribution in [1.29, 1.82) is 0 Å². The van der Waals surface area contributed by atoms with Gasteiger partial charge in [-0.15, -0.1) is 0 Å². The third-order valence-corrected chi connectivity index (χ3v) is 1.66. The Hall–Kier alpha value is -0.450. The van der Waals surface area contributed by atoms with Crippen molar-refractivity contribution in [3.63, 3.8) is 0 Å². The first-order valence-electron chi connectivity index (χ1n) is 2.44. The summed E-state index contributed by atoms with van der Waals surface area (Å²) in [6.45, 7) is 0. The van der Waals surface area contributed by atoms with Crippen molar-refractivity contribution < 1.29 is 5.11 Å². The summed E-state index contributed by atoms with van der Waals surface area (Å²) in [6, 6.07) is 5.14. The molecule has 0 radical (unpaired) electrons. The second-order valence-electron chi connectivity index (χ2n) is 1.70. The van der Waals surface area contributed by atoms with Gasteiger partial charge in [-0.2, -0.15) is 0 Å². The van der Waals surface area contributed by atoms with Crippen molar-refractivity contribution >= 4 is 28.3 Å². The molecule has 0 heterocycles. The number of rotatable bonds is 0. The van der Waals surface area contributed by atoms with Crippen LogP contribution in [0.25, 0.3) is 0 Å². The van der Waals surface area contributed by atoms with Gasteiger partial charge in [-0.05, 0) is 40.8 Å². The van der Waals surface area contributed by atoms with E-state index >= 15 is 0 Å². The molecule has 0 aromatic heterocycles. The van der Waals surface area contributed by atoms with Crippen LogP contribution in [0, 0.1) is 3.57 Å². The molecule has 0 aliphatic heterocycles. The summed E-state index contributed by atoms with van der Waals surface area (Å²) >= 11 is 2.11. The molecule has 0 aliphatic rings. The standard InChI is InChI=1S/C6H6INO/c7-4-1-2-5(8)6(9)3-4/h1-3,9H,8H2. The van der Waals surface area contributed by atoms with Gasteiger partial charge in [-0.25, -0.2) is 0 Å². The Labute approximate surface area is 66.8 Å². The molecule has 0 atom stereocenters. The number of benzene rings is 1. The third-order valence-electron chi connectivity index (χ3n) is 0.992. The van der Waals surface area contributed by atoms with Crippen LogP contribution in [0.15, 0.2) is 18.2 Å². The second-order valence-corrected chi connectivity index (χ2v) is 2.95. The van der Waals surface area contributed by atoms with Crippen molar-refractivity contribution in [2.24, 2.45) is 0 Å². The molecule has 0 unspecified atom stereocenters. The van der Waals surface area contributed by atoms with E-state index in [1.807, 2.05) is 6.07 Å². The molecule has 3 N–H and O–H groups in total. The highest BCUT2D eigenvalue weighted by Crippen LogP contribution is 2.20. The van der Waals surface area contributed by atoms with Crippen LogP contribution in [0.2, 0.25) is 0 Å². The van der Waals surface area contributed by atoms with E-state index < -0.39 is 0 Å². The highest BCUT2D eigenvalue weighted by Gasteiger charge is 1.93. The lowest BCUT2D eigenvalue weighted by Crippen LogP contribution is -1.84. The van der Waals surface area contributed by atoms with Crippen LogP contribution >= 0.6 is 22.6 Å². The fourth-order valence-electron chi connectivity index (χ4n) is 0.517. The minimum atomic E-state index is 0.155. The lowest BCUT2D eigenvalue weighted by Gasteiger charge is -1.96. The smallest absolute Gasteiger partial charge is 0.139 e. The molecule has 2 nitrogen and oxygen atoms in total. The van der Waals surface area contributed by atoms with Crippen molar-refractivity contribution in [1.82, 2.24) is 0 Å². The van der Waals surface area contributed by atoms with Crippen LogP contribution in [0.1, 0.15) is 0 Å². The predicted molar refractivity (Wildman–Crippen MR) is 45.2 cm³/mol. The van der Waals surface area contributed by atoms with Gasteiger partial charge in [-0.3, -0.25) is 0 Å². The van der Waals surface area contributed by atoms with Gasteiger partial charge in [0.15, 0.2) is 0 Å². The lowest BCUT2D eigenvalue weighted by atomic mass is 10.3. The molecule has 9 heavy (non-hydrogen) atoms. The molecule has 0 saturated heterocycles. The Morgan fingerprint density at radius 3 is 2.56 bits per heavy atom. The zero-order valence-electron chi connectivity index (χ0n) is 4.63. The summed E-state index contributed by atoms with van der Waals surface area (Å²) in [5, 5.41) is 8.97. The van der Waals surface area contributed by atoms with Gasteiger partial charge >= 0.3 is 0 Å². The maximum atomic E-state index is 8.97. The summed E-state index contributed by atoms with van der Waals surface area (Å²) in [5.41, 5.74) is 5.76. The maximum Gasteiger partial charge on any atom is 0.139 e. The number of aromatic hydroxyl groups is 1. The highest BCUT2D eigenvalue weighted by molar-refractivity contribution is 14.1. The first-order chi connectivity index (χ1) is 4.20. The Morgan fingerprint density at radius 2 is 2.11 bits per heavy atom. The summed E-state index contributed by atoms with van der Waals surface area (Å²) in [7, 11) is 0. The first kappa shape index (κ1) is 6.67. The number of nitrogen functional groups attached to an aromatic ring is 1. The van der Waals surface area contributed by atoms with Crippen LogP contribution in [-0.2, 0) is 0 Å². The normalized spacial score (nSPS) is 9.44.